The van der Waals surface area contributed by atoms with Crippen LogP contribution in [-0.2, 0) is 10.1 Å². The molecule has 0 fully saturated rings. The van der Waals surface area contributed by atoms with Crippen LogP contribution in [0.25, 0.3) is 0 Å². The van der Waals surface area contributed by atoms with E-state index in [4.69, 9.17) is 4.55 Å². The van der Waals surface area contributed by atoms with Crippen molar-refractivity contribution < 1.29 is 114 Å². The summed E-state index contributed by atoms with van der Waals surface area (Å²) in [7, 11) is -5.43. The highest BCUT2D eigenvalue weighted by Crippen LogP contribution is 2.67. The zero-order chi connectivity index (χ0) is 34.1. The first-order valence-electron chi connectivity index (χ1n) is 9.00. The molecule has 0 saturated heterocycles. The quantitative estimate of drug-likeness (QED) is 0.160. The molecule has 0 heterocycles. The summed E-state index contributed by atoms with van der Waals surface area (Å²) in [5.41, 5.74) is 0. The molecule has 0 saturated carbocycles. The lowest BCUT2D eigenvalue weighted by molar-refractivity contribution is -0.478. The first-order valence-corrected chi connectivity index (χ1v) is 10.6. The van der Waals surface area contributed by atoms with E-state index in [0.717, 1.165) is 0 Å². The predicted molar refractivity (Wildman–Crippen MR) is 81.2 cm³/mol. The van der Waals surface area contributed by atoms with Gasteiger partial charge in [0, 0.05) is 6.42 Å². The molecule has 0 bridgehead atoms. The molecule has 0 radical (unpaired) electrons. The molecule has 41 heavy (non-hydrogen) atoms. The van der Waals surface area contributed by atoms with Gasteiger partial charge in [-0.3, -0.25) is 4.55 Å². The molecule has 0 atom stereocenters. The fraction of sp³-hybridized carbons (Fsp3) is 1.00. The van der Waals surface area contributed by atoms with Gasteiger partial charge in [0.05, 0.1) is 5.75 Å². The Balaban J connectivity index is 7.04. The standard InChI is InChI=1S/C14H7F23O3S/c15-4(16,2-1-3-41(38,39)40)5(17,18)6(19,20)7(21,22)8(23,24)9(25,26)10(27,28)11(29,30)12(31,32)13(33,34)14(35,36)37/h1-3H2,(H,38,39,40). The third kappa shape index (κ3) is 5.44. The van der Waals surface area contributed by atoms with Gasteiger partial charge in [-0.25, -0.2) is 0 Å². The molecule has 27 heteroatoms. The molecule has 0 aliphatic rings. The molecule has 0 spiro atoms. The molecule has 0 aromatic heterocycles. The normalized spacial score (nSPS) is 16.8. The number of hydrogen-bond donors (Lipinski definition) is 1. The van der Waals surface area contributed by atoms with E-state index in [1.165, 1.54) is 0 Å². The van der Waals surface area contributed by atoms with Gasteiger partial charge in [0.1, 0.15) is 0 Å². The molecule has 0 aromatic carbocycles. The maximum atomic E-state index is 13.6. The zero-order valence-corrected chi connectivity index (χ0v) is 18.8. The highest BCUT2D eigenvalue weighted by molar-refractivity contribution is 7.85. The van der Waals surface area contributed by atoms with Crippen molar-refractivity contribution in [1.82, 2.24) is 0 Å². The van der Waals surface area contributed by atoms with Crippen molar-refractivity contribution in [3.05, 3.63) is 0 Å². The highest BCUT2D eigenvalue weighted by atomic mass is 32.2. The van der Waals surface area contributed by atoms with Gasteiger partial charge < -0.3 is 0 Å². The lowest BCUT2D eigenvalue weighted by atomic mass is 9.85. The predicted octanol–water partition coefficient (Wildman–Crippen LogP) is 7.57. The van der Waals surface area contributed by atoms with Gasteiger partial charge in [-0.15, -0.1) is 0 Å². The van der Waals surface area contributed by atoms with Crippen LogP contribution in [0.1, 0.15) is 12.8 Å². The number of alkyl halides is 23. The van der Waals surface area contributed by atoms with Crippen molar-refractivity contribution in [1.29, 1.82) is 0 Å². The van der Waals surface area contributed by atoms with Crippen LogP contribution in [0.4, 0.5) is 101 Å². The van der Waals surface area contributed by atoms with Gasteiger partial charge in [0.25, 0.3) is 10.1 Å². The average molecular weight is 692 g/mol. The zero-order valence-electron chi connectivity index (χ0n) is 18.0. The fourth-order valence-corrected chi connectivity index (χ4v) is 2.93. The molecule has 0 rings (SSSR count). The smallest absolute Gasteiger partial charge is 0.286 e. The molecule has 0 unspecified atom stereocenters. The van der Waals surface area contributed by atoms with Crippen LogP contribution in [0.5, 0.6) is 0 Å². The Labute approximate surface area is 209 Å². The van der Waals surface area contributed by atoms with Crippen molar-refractivity contribution in [2.75, 3.05) is 5.75 Å². The molecule has 248 valence electrons. The monoisotopic (exact) mass is 692 g/mol. The van der Waals surface area contributed by atoms with Gasteiger partial charge in [-0.1, -0.05) is 0 Å². The van der Waals surface area contributed by atoms with E-state index in [0.29, 0.717) is 0 Å². The summed E-state index contributed by atoms with van der Waals surface area (Å²) in [5.74, 6) is -90.6. The Kier molecular flexibility index (Phi) is 9.51. The lowest BCUT2D eigenvalue weighted by Crippen LogP contribution is -2.77. The van der Waals surface area contributed by atoms with Crippen LogP contribution in [0.3, 0.4) is 0 Å². The highest BCUT2D eigenvalue weighted by Gasteiger charge is 2.98. The van der Waals surface area contributed by atoms with E-state index >= 15 is 0 Å². The molecule has 3 nitrogen and oxygen atoms in total. The maximum Gasteiger partial charge on any atom is 0.460 e. The first-order chi connectivity index (χ1) is 17.2. The second-order valence-electron chi connectivity index (χ2n) is 7.76. The maximum absolute atomic E-state index is 13.6. The van der Waals surface area contributed by atoms with Crippen molar-refractivity contribution in [2.24, 2.45) is 0 Å². The van der Waals surface area contributed by atoms with Crippen molar-refractivity contribution in [3.63, 3.8) is 0 Å². The average Bonchev–Trinajstić information content (AvgIpc) is 2.70. The molecule has 0 aliphatic heterocycles. The van der Waals surface area contributed by atoms with Crippen molar-refractivity contribution >= 4 is 10.1 Å². The molecular weight excluding hydrogens is 685 g/mol. The van der Waals surface area contributed by atoms with Gasteiger partial charge in [-0.2, -0.15) is 109 Å². The van der Waals surface area contributed by atoms with Crippen LogP contribution < -0.4 is 0 Å². The summed E-state index contributed by atoms with van der Waals surface area (Å²) in [4.78, 5) is 0. The van der Waals surface area contributed by atoms with E-state index in [9.17, 15) is 109 Å². The fourth-order valence-electron chi connectivity index (χ4n) is 2.42. The minimum Gasteiger partial charge on any atom is -0.286 e. The summed E-state index contributed by atoms with van der Waals surface area (Å²) in [6, 6.07) is 0. The van der Waals surface area contributed by atoms with Crippen LogP contribution in [0, 0.1) is 0 Å². The van der Waals surface area contributed by atoms with E-state index in [2.05, 4.69) is 0 Å². The van der Waals surface area contributed by atoms with Crippen LogP contribution in [0.2, 0.25) is 0 Å². The van der Waals surface area contributed by atoms with E-state index < -0.39 is 94.1 Å². The minimum absolute atomic E-state index is 2.09. The molecular formula is C14H7F23O3S. The Hall–Kier alpha value is -1.70. The summed E-state index contributed by atoms with van der Waals surface area (Å²) < 4.78 is 333. The first kappa shape index (κ1) is 39.3. The Bertz CT molecular complexity index is 1060. The van der Waals surface area contributed by atoms with Crippen molar-refractivity contribution in [2.45, 2.75) is 78.2 Å². The summed E-state index contributed by atoms with van der Waals surface area (Å²) in [6.07, 6.45) is -13.4. The summed E-state index contributed by atoms with van der Waals surface area (Å²) in [5, 5.41) is 0. The second-order valence-corrected chi connectivity index (χ2v) is 9.33. The van der Waals surface area contributed by atoms with Gasteiger partial charge in [0.15, 0.2) is 0 Å². The third-order valence-corrected chi connectivity index (χ3v) is 5.67. The number of hydrogen-bond acceptors (Lipinski definition) is 2. The third-order valence-electron chi connectivity index (χ3n) is 4.86. The van der Waals surface area contributed by atoms with Crippen LogP contribution in [0.15, 0.2) is 0 Å². The lowest BCUT2D eigenvalue weighted by Gasteiger charge is -2.45. The molecule has 0 amide bonds. The topological polar surface area (TPSA) is 54.4 Å². The van der Waals surface area contributed by atoms with Gasteiger partial charge in [-0.05, 0) is 6.42 Å². The van der Waals surface area contributed by atoms with Crippen LogP contribution >= 0.6 is 0 Å². The molecule has 0 aliphatic carbocycles. The SMILES string of the molecule is O=S(=O)(O)CCCC(F)(F)C(F)(F)C(F)(F)C(F)(F)C(F)(F)C(F)(F)C(F)(F)C(F)(F)C(F)(F)C(F)(F)C(F)(F)F. The largest absolute Gasteiger partial charge is 0.460 e. The summed E-state index contributed by atoms with van der Waals surface area (Å²) in [6.45, 7) is 0. The number of rotatable bonds is 13. The van der Waals surface area contributed by atoms with Crippen molar-refractivity contribution in [3.8, 4) is 0 Å². The van der Waals surface area contributed by atoms with Gasteiger partial charge >= 0.3 is 65.4 Å². The van der Waals surface area contributed by atoms with E-state index in [1.54, 1.807) is 0 Å². The molecule has 1 N–H and O–H groups in total. The number of halogens is 23. The Morgan fingerprint density at radius 2 is 0.610 bits per heavy atom. The van der Waals surface area contributed by atoms with Gasteiger partial charge in [0.2, 0.25) is 0 Å². The Morgan fingerprint density at radius 1 is 0.390 bits per heavy atom. The van der Waals surface area contributed by atoms with E-state index in [-0.39, 0.29) is 0 Å². The minimum atomic E-state index is -9.47. The summed E-state index contributed by atoms with van der Waals surface area (Å²) >= 11 is 0. The van der Waals surface area contributed by atoms with Crippen LogP contribution in [-0.4, -0.2) is 84.1 Å². The van der Waals surface area contributed by atoms with E-state index in [1.807, 2.05) is 0 Å². The molecule has 0 aromatic rings. The second kappa shape index (κ2) is 9.92. The Morgan fingerprint density at radius 3 is 0.829 bits per heavy atom.